The molecule has 8 nitrogen and oxygen atoms in total. The van der Waals surface area contributed by atoms with E-state index in [-0.39, 0.29) is 23.1 Å². The van der Waals surface area contributed by atoms with Gasteiger partial charge in [-0.1, -0.05) is 0 Å². The molecule has 1 saturated heterocycles. The molecule has 0 spiro atoms. The molecule has 2 heterocycles. The molecule has 1 aromatic carbocycles. The van der Waals surface area contributed by atoms with Gasteiger partial charge < -0.3 is 14.6 Å². The number of furan rings is 1. The second-order valence-electron chi connectivity index (χ2n) is 6.23. The predicted molar refractivity (Wildman–Crippen MR) is 92.9 cm³/mol. The van der Waals surface area contributed by atoms with Gasteiger partial charge in [-0.2, -0.15) is 0 Å². The molecule has 0 saturated carbocycles. The minimum atomic E-state index is -4.06. The van der Waals surface area contributed by atoms with E-state index >= 15 is 0 Å². The number of amides is 2. The number of hydrogen-bond acceptors (Lipinski definition) is 5. The zero-order valence-corrected chi connectivity index (χ0v) is 15.0. The van der Waals surface area contributed by atoms with Gasteiger partial charge >= 0.3 is 0 Å². The van der Waals surface area contributed by atoms with Crippen LogP contribution in [0.4, 0.5) is 4.39 Å². The lowest BCUT2D eigenvalue weighted by Gasteiger charge is -2.32. The lowest BCUT2D eigenvalue weighted by molar-refractivity contribution is 0.0646. The van der Waals surface area contributed by atoms with E-state index in [2.05, 4.69) is 5.32 Å². The average Bonchev–Trinajstić information content (AvgIpc) is 3.15. The summed E-state index contributed by atoms with van der Waals surface area (Å²) in [6.07, 6.45) is 2.65. The van der Waals surface area contributed by atoms with Gasteiger partial charge in [0.1, 0.15) is 5.82 Å². The van der Waals surface area contributed by atoms with E-state index in [0.717, 1.165) is 18.2 Å². The first kappa shape index (κ1) is 19.1. The molecule has 2 aromatic rings. The van der Waals surface area contributed by atoms with Crippen LogP contribution in [0, 0.1) is 5.82 Å². The number of sulfonamides is 1. The number of hydrogen-bond donors (Lipinski definition) is 2. The van der Waals surface area contributed by atoms with Crippen molar-refractivity contribution in [2.75, 3.05) is 13.1 Å². The summed E-state index contributed by atoms with van der Waals surface area (Å²) >= 11 is 0. The normalized spacial score (nSPS) is 17.6. The lowest BCUT2D eigenvalue weighted by Crippen LogP contribution is -2.49. The molecule has 1 fully saturated rings. The Morgan fingerprint density at radius 2 is 2.07 bits per heavy atom. The molecule has 10 heteroatoms. The molecule has 0 aliphatic carbocycles. The largest absolute Gasteiger partial charge is 0.459 e. The van der Waals surface area contributed by atoms with Crippen LogP contribution in [0.25, 0.3) is 0 Å². The summed E-state index contributed by atoms with van der Waals surface area (Å²) in [7, 11) is -4.06. The van der Waals surface area contributed by atoms with Crippen molar-refractivity contribution in [2.24, 2.45) is 5.14 Å². The Kier molecular flexibility index (Phi) is 5.29. The first-order valence-electron chi connectivity index (χ1n) is 8.21. The summed E-state index contributed by atoms with van der Waals surface area (Å²) in [4.78, 5) is 26.0. The monoisotopic (exact) mass is 395 g/mol. The Hall–Kier alpha value is -2.72. The van der Waals surface area contributed by atoms with E-state index in [1.54, 1.807) is 17.0 Å². The molecular weight excluding hydrogens is 377 g/mol. The van der Waals surface area contributed by atoms with E-state index in [1.165, 1.54) is 6.26 Å². The average molecular weight is 395 g/mol. The van der Waals surface area contributed by atoms with Gasteiger partial charge in [0.05, 0.1) is 16.7 Å². The van der Waals surface area contributed by atoms with Crippen molar-refractivity contribution in [1.82, 2.24) is 10.2 Å². The smallest absolute Gasteiger partial charge is 0.289 e. The molecule has 1 aliphatic rings. The minimum absolute atomic E-state index is 0.203. The Labute approximate surface area is 155 Å². The summed E-state index contributed by atoms with van der Waals surface area (Å²) in [5.41, 5.74) is -0.420. The van der Waals surface area contributed by atoms with Gasteiger partial charge in [-0.25, -0.2) is 17.9 Å². The van der Waals surface area contributed by atoms with Crippen molar-refractivity contribution in [3.8, 4) is 0 Å². The number of halogens is 1. The first-order chi connectivity index (χ1) is 12.8. The second-order valence-corrected chi connectivity index (χ2v) is 7.79. The fourth-order valence-electron chi connectivity index (χ4n) is 2.95. The maximum atomic E-state index is 14.0. The van der Waals surface area contributed by atoms with Gasteiger partial charge in [0.15, 0.2) is 5.76 Å². The van der Waals surface area contributed by atoms with Crippen LogP contribution in [0.3, 0.4) is 0 Å². The third-order valence-corrected chi connectivity index (χ3v) is 5.20. The van der Waals surface area contributed by atoms with Gasteiger partial charge in [-0.3, -0.25) is 9.59 Å². The number of carbonyl (C=O) groups is 2. The van der Waals surface area contributed by atoms with Crippen molar-refractivity contribution >= 4 is 21.8 Å². The van der Waals surface area contributed by atoms with Crippen LogP contribution in [0.15, 0.2) is 45.9 Å². The highest BCUT2D eigenvalue weighted by Crippen LogP contribution is 2.17. The third-order valence-electron chi connectivity index (χ3n) is 4.29. The number of nitrogens with one attached hydrogen (secondary N) is 1. The number of nitrogens with two attached hydrogens (primary N) is 1. The lowest BCUT2D eigenvalue weighted by atomic mass is 10.0. The van der Waals surface area contributed by atoms with E-state index in [0.29, 0.717) is 19.4 Å². The highest BCUT2D eigenvalue weighted by atomic mass is 32.2. The maximum absolute atomic E-state index is 14.0. The Morgan fingerprint density at radius 3 is 2.74 bits per heavy atom. The standard InChI is InChI=1S/C17H18FN3O5S/c18-14-6-5-12(27(19,24)25)9-13(14)16(22)20-11-3-1-7-21(10-11)17(23)15-4-2-8-26-15/h2,4-6,8-9,11H,1,3,7,10H2,(H,20,22)(H2,19,24,25)/t11-/m1/s1. The molecule has 3 N–H and O–H groups in total. The molecule has 144 valence electrons. The molecule has 2 amide bonds. The maximum Gasteiger partial charge on any atom is 0.289 e. The van der Waals surface area contributed by atoms with Crippen LogP contribution >= 0.6 is 0 Å². The molecule has 0 bridgehead atoms. The fourth-order valence-corrected chi connectivity index (χ4v) is 3.49. The van der Waals surface area contributed by atoms with Crippen molar-refractivity contribution in [2.45, 2.75) is 23.8 Å². The van der Waals surface area contributed by atoms with Crippen LogP contribution in [-0.4, -0.2) is 44.3 Å². The fraction of sp³-hybridized carbons (Fsp3) is 0.294. The molecule has 0 radical (unpaired) electrons. The van der Waals surface area contributed by atoms with E-state index in [1.807, 2.05) is 0 Å². The molecule has 1 aliphatic heterocycles. The summed E-state index contributed by atoms with van der Waals surface area (Å²) in [5, 5.41) is 7.67. The zero-order valence-electron chi connectivity index (χ0n) is 14.2. The topological polar surface area (TPSA) is 123 Å². The van der Waals surface area contributed by atoms with Crippen LogP contribution in [0.2, 0.25) is 0 Å². The molecule has 1 aromatic heterocycles. The number of carbonyl (C=O) groups excluding carboxylic acids is 2. The summed E-state index contributed by atoms with van der Waals surface area (Å²) in [5.74, 6) is -1.72. The third kappa shape index (κ3) is 4.34. The molecule has 1 atom stereocenters. The predicted octanol–water partition coefficient (Wildman–Crippen LogP) is 1.10. The highest BCUT2D eigenvalue weighted by molar-refractivity contribution is 7.89. The number of likely N-dealkylation sites (tertiary alicyclic amines) is 1. The highest BCUT2D eigenvalue weighted by Gasteiger charge is 2.28. The SMILES string of the molecule is NS(=O)(=O)c1ccc(F)c(C(=O)N[C@@H]2CCCN(C(=O)c3ccco3)C2)c1. The zero-order chi connectivity index (χ0) is 19.6. The number of primary sulfonamides is 1. The number of nitrogens with zero attached hydrogens (tertiary/aromatic N) is 1. The molecule has 0 unspecified atom stereocenters. The molecule has 27 heavy (non-hydrogen) atoms. The van der Waals surface area contributed by atoms with Crippen LogP contribution in [0.5, 0.6) is 0 Å². The van der Waals surface area contributed by atoms with Gasteiger partial charge in [0.2, 0.25) is 10.0 Å². The number of rotatable bonds is 4. The minimum Gasteiger partial charge on any atom is -0.459 e. The van der Waals surface area contributed by atoms with E-state index in [9.17, 15) is 22.4 Å². The summed E-state index contributed by atoms with van der Waals surface area (Å²) < 4.78 is 41.9. The van der Waals surface area contributed by atoms with Crippen molar-refractivity contribution in [1.29, 1.82) is 0 Å². The Balaban J connectivity index is 1.72. The van der Waals surface area contributed by atoms with Crippen molar-refractivity contribution in [3.05, 3.63) is 53.7 Å². The first-order valence-corrected chi connectivity index (χ1v) is 9.76. The van der Waals surface area contributed by atoms with E-state index < -0.39 is 33.4 Å². The number of piperidine rings is 1. The van der Waals surface area contributed by atoms with Crippen molar-refractivity contribution in [3.63, 3.8) is 0 Å². The van der Waals surface area contributed by atoms with Crippen LogP contribution in [-0.2, 0) is 10.0 Å². The van der Waals surface area contributed by atoms with Gasteiger partial charge in [-0.15, -0.1) is 0 Å². The molecule has 3 rings (SSSR count). The summed E-state index contributed by atoms with van der Waals surface area (Å²) in [6.45, 7) is 0.753. The van der Waals surface area contributed by atoms with Crippen LogP contribution < -0.4 is 10.5 Å². The number of benzene rings is 1. The van der Waals surface area contributed by atoms with Gasteiger partial charge in [-0.05, 0) is 43.2 Å². The summed E-state index contributed by atoms with van der Waals surface area (Å²) in [6, 6.07) is 5.53. The van der Waals surface area contributed by atoms with E-state index in [4.69, 9.17) is 9.56 Å². The molecular formula is C17H18FN3O5S. The Morgan fingerprint density at radius 1 is 1.30 bits per heavy atom. The quantitative estimate of drug-likeness (QED) is 0.803. The van der Waals surface area contributed by atoms with Crippen LogP contribution in [0.1, 0.15) is 33.8 Å². The van der Waals surface area contributed by atoms with Gasteiger partial charge in [0.25, 0.3) is 11.8 Å². The van der Waals surface area contributed by atoms with Crippen molar-refractivity contribution < 1.29 is 26.8 Å². The Bertz CT molecular complexity index is 959. The van der Waals surface area contributed by atoms with Gasteiger partial charge in [0, 0.05) is 19.1 Å². The second kappa shape index (κ2) is 7.49.